The topological polar surface area (TPSA) is 89.3 Å². The zero-order valence-electron chi connectivity index (χ0n) is 14.9. The van der Waals surface area contributed by atoms with E-state index in [9.17, 15) is 4.79 Å². The van der Waals surface area contributed by atoms with Crippen molar-refractivity contribution in [1.29, 1.82) is 0 Å². The van der Waals surface area contributed by atoms with Gasteiger partial charge in [-0.25, -0.2) is 0 Å². The molecule has 0 saturated carbocycles. The SMILES string of the molecule is Cc1noc(C)c1C(=O)NC(=S)Nc1cccc(OCc2cccnc2)c1. The molecular formula is C19H18N4O3S. The Morgan fingerprint density at radius 2 is 2.11 bits per heavy atom. The number of anilines is 1. The minimum Gasteiger partial charge on any atom is -0.489 e. The van der Waals surface area contributed by atoms with Crippen molar-refractivity contribution in [2.24, 2.45) is 0 Å². The summed E-state index contributed by atoms with van der Waals surface area (Å²) in [7, 11) is 0. The van der Waals surface area contributed by atoms with E-state index in [1.54, 1.807) is 32.3 Å². The van der Waals surface area contributed by atoms with Crippen molar-refractivity contribution in [1.82, 2.24) is 15.5 Å². The number of hydrogen-bond donors (Lipinski definition) is 2. The van der Waals surface area contributed by atoms with E-state index in [-0.39, 0.29) is 11.0 Å². The number of aryl methyl sites for hydroxylation is 2. The number of nitrogens with one attached hydrogen (secondary N) is 2. The van der Waals surface area contributed by atoms with Gasteiger partial charge in [0.2, 0.25) is 0 Å². The van der Waals surface area contributed by atoms with Gasteiger partial charge in [-0.1, -0.05) is 17.3 Å². The summed E-state index contributed by atoms with van der Waals surface area (Å²) in [4.78, 5) is 16.4. The van der Waals surface area contributed by atoms with Crippen LogP contribution in [0.5, 0.6) is 5.75 Å². The summed E-state index contributed by atoms with van der Waals surface area (Å²) >= 11 is 5.21. The van der Waals surface area contributed by atoms with Crippen molar-refractivity contribution in [2.75, 3.05) is 5.32 Å². The monoisotopic (exact) mass is 382 g/mol. The van der Waals surface area contributed by atoms with Gasteiger partial charge in [0.15, 0.2) is 5.11 Å². The van der Waals surface area contributed by atoms with E-state index in [1.807, 2.05) is 30.3 Å². The predicted molar refractivity (Wildman–Crippen MR) is 105 cm³/mol. The lowest BCUT2D eigenvalue weighted by molar-refractivity contribution is 0.0976. The minimum atomic E-state index is -0.368. The Bertz CT molecular complexity index is 937. The number of rotatable bonds is 5. The maximum absolute atomic E-state index is 12.3. The minimum absolute atomic E-state index is 0.171. The quantitative estimate of drug-likeness (QED) is 0.654. The predicted octanol–water partition coefficient (Wildman–Crippen LogP) is 3.39. The summed E-state index contributed by atoms with van der Waals surface area (Å²) in [6.07, 6.45) is 3.47. The second-order valence-electron chi connectivity index (χ2n) is 5.79. The molecule has 0 unspecified atom stereocenters. The molecule has 27 heavy (non-hydrogen) atoms. The molecule has 0 bridgehead atoms. The molecule has 2 N–H and O–H groups in total. The van der Waals surface area contributed by atoms with Gasteiger partial charge in [0.25, 0.3) is 5.91 Å². The second kappa shape index (κ2) is 8.41. The maximum atomic E-state index is 12.3. The first-order chi connectivity index (χ1) is 13.0. The zero-order chi connectivity index (χ0) is 19.2. The Labute approximate surface area is 161 Å². The van der Waals surface area contributed by atoms with Crippen molar-refractivity contribution in [3.05, 3.63) is 71.4 Å². The average Bonchev–Trinajstić information content (AvgIpc) is 2.99. The first-order valence-electron chi connectivity index (χ1n) is 8.20. The lowest BCUT2D eigenvalue weighted by Crippen LogP contribution is -2.34. The molecule has 3 aromatic rings. The van der Waals surface area contributed by atoms with Crippen molar-refractivity contribution < 1.29 is 14.1 Å². The zero-order valence-corrected chi connectivity index (χ0v) is 15.7. The van der Waals surface area contributed by atoms with Gasteiger partial charge in [-0.3, -0.25) is 15.1 Å². The highest BCUT2D eigenvalue weighted by atomic mass is 32.1. The third-order valence-corrected chi connectivity index (χ3v) is 3.91. The highest BCUT2D eigenvalue weighted by molar-refractivity contribution is 7.80. The van der Waals surface area contributed by atoms with Crippen LogP contribution < -0.4 is 15.4 Å². The van der Waals surface area contributed by atoms with E-state index in [1.165, 1.54) is 0 Å². The Morgan fingerprint density at radius 3 is 2.81 bits per heavy atom. The summed E-state index contributed by atoms with van der Waals surface area (Å²) in [6.45, 7) is 3.78. The van der Waals surface area contributed by atoms with Gasteiger partial charge < -0.3 is 14.6 Å². The molecule has 2 aromatic heterocycles. The molecule has 1 amide bonds. The fourth-order valence-electron chi connectivity index (χ4n) is 2.45. The molecule has 7 nitrogen and oxygen atoms in total. The first kappa shape index (κ1) is 18.5. The molecule has 0 aliphatic rings. The summed E-state index contributed by atoms with van der Waals surface area (Å²) in [5, 5.41) is 9.53. The lowest BCUT2D eigenvalue weighted by Gasteiger charge is -2.11. The van der Waals surface area contributed by atoms with Crippen LogP contribution in [0.3, 0.4) is 0 Å². The first-order valence-corrected chi connectivity index (χ1v) is 8.60. The lowest BCUT2D eigenvalue weighted by atomic mass is 10.2. The number of hydrogen-bond acceptors (Lipinski definition) is 6. The standard InChI is InChI=1S/C19H18N4O3S/c1-12-17(13(2)26-23-12)18(24)22-19(27)21-15-6-3-7-16(9-15)25-11-14-5-4-8-20-10-14/h3-10H,11H2,1-2H3,(H2,21,22,24,27). The van der Waals surface area contributed by atoms with Gasteiger partial charge in [-0.15, -0.1) is 0 Å². The molecule has 0 fully saturated rings. The molecule has 1 aromatic carbocycles. The molecule has 0 atom stereocenters. The molecule has 138 valence electrons. The van der Waals surface area contributed by atoms with E-state index in [2.05, 4.69) is 20.8 Å². The Kier molecular flexibility index (Phi) is 5.77. The number of carbonyl (C=O) groups is 1. The summed E-state index contributed by atoms with van der Waals surface area (Å²) in [6, 6.07) is 11.1. The number of nitrogens with zero attached hydrogens (tertiary/aromatic N) is 2. The molecule has 0 aliphatic heterocycles. The number of pyridine rings is 1. The van der Waals surface area contributed by atoms with Gasteiger partial charge in [-0.2, -0.15) is 0 Å². The number of ether oxygens (including phenoxy) is 1. The molecule has 8 heteroatoms. The van der Waals surface area contributed by atoms with Crippen LogP contribution in [-0.4, -0.2) is 21.2 Å². The number of carbonyl (C=O) groups excluding carboxylic acids is 1. The summed E-state index contributed by atoms with van der Waals surface area (Å²) in [5.74, 6) is 0.745. The Morgan fingerprint density at radius 1 is 1.26 bits per heavy atom. The van der Waals surface area contributed by atoms with Gasteiger partial charge >= 0.3 is 0 Å². The molecule has 0 spiro atoms. The normalized spacial score (nSPS) is 10.3. The van der Waals surface area contributed by atoms with Crippen LogP contribution in [-0.2, 0) is 6.61 Å². The van der Waals surface area contributed by atoms with E-state index in [0.717, 1.165) is 5.56 Å². The maximum Gasteiger partial charge on any atom is 0.262 e. The van der Waals surface area contributed by atoms with Gasteiger partial charge in [0.1, 0.15) is 23.7 Å². The van der Waals surface area contributed by atoms with E-state index in [0.29, 0.717) is 35.1 Å². The van der Waals surface area contributed by atoms with Crippen molar-refractivity contribution in [3.8, 4) is 5.75 Å². The molecule has 0 aliphatic carbocycles. The van der Waals surface area contributed by atoms with Crippen molar-refractivity contribution in [3.63, 3.8) is 0 Å². The van der Waals surface area contributed by atoms with E-state index >= 15 is 0 Å². The van der Waals surface area contributed by atoms with Gasteiger partial charge in [0, 0.05) is 29.7 Å². The highest BCUT2D eigenvalue weighted by Gasteiger charge is 2.18. The molecule has 3 rings (SSSR count). The van der Waals surface area contributed by atoms with Crippen LogP contribution in [0, 0.1) is 13.8 Å². The van der Waals surface area contributed by atoms with Gasteiger partial charge in [0.05, 0.1) is 5.69 Å². The average molecular weight is 382 g/mol. The van der Waals surface area contributed by atoms with Crippen LogP contribution >= 0.6 is 12.2 Å². The molecule has 0 radical (unpaired) electrons. The van der Waals surface area contributed by atoms with Gasteiger partial charge in [-0.05, 0) is 44.3 Å². The van der Waals surface area contributed by atoms with E-state index in [4.69, 9.17) is 21.5 Å². The smallest absolute Gasteiger partial charge is 0.262 e. The fraction of sp³-hybridized carbons (Fsp3) is 0.158. The summed E-state index contributed by atoms with van der Waals surface area (Å²) < 4.78 is 10.8. The number of thiocarbonyl (C=S) groups is 1. The van der Waals surface area contributed by atoms with E-state index < -0.39 is 0 Å². The highest BCUT2D eigenvalue weighted by Crippen LogP contribution is 2.19. The van der Waals surface area contributed by atoms with Crippen LogP contribution in [0.1, 0.15) is 27.4 Å². The third kappa shape index (κ3) is 4.89. The van der Waals surface area contributed by atoms with Crippen molar-refractivity contribution >= 4 is 28.9 Å². The Hall–Kier alpha value is -3.26. The number of aromatic nitrogens is 2. The summed E-state index contributed by atoms with van der Waals surface area (Å²) in [5.41, 5.74) is 2.56. The fourth-order valence-corrected chi connectivity index (χ4v) is 2.66. The van der Waals surface area contributed by atoms with Crippen LogP contribution in [0.25, 0.3) is 0 Å². The molecule has 0 saturated heterocycles. The van der Waals surface area contributed by atoms with Crippen molar-refractivity contribution in [2.45, 2.75) is 20.5 Å². The van der Waals surface area contributed by atoms with Crippen LogP contribution in [0.2, 0.25) is 0 Å². The molecule has 2 heterocycles. The third-order valence-electron chi connectivity index (χ3n) is 3.71. The molecular weight excluding hydrogens is 364 g/mol. The second-order valence-corrected chi connectivity index (χ2v) is 6.19. The Balaban J connectivity index is 1.59. The largest absolute Gasteiger partial charge is 0.489 e. The number of benzene rings is 1. The number of amides is 1. The van der Waals surface area contributed by atoms with Crippen LogP contribution in [0.15, 0.2) is 53.3 Å². The van der Waals surface area contributed by atoms with Crippen LogP contribution in [0.4, 0.5) is 5.69 Å².